The van der Waals surface area contributed by atoms with Crippen LogP contribution in [0.25, 0.3) is 22.5 Å². The minimum absolute atomic E-state index is 0.462. The van der Waals surface area contributed by atoms with Gasteiger partial charge in [-0.2, -0.15) is 5.26 Å². The first kappa shape index (κ1) is 19.9. The van der Waals surface area contributed by atoms with E-state index in [1.54, 1.807) is 25.7 Å². The second kappa shape index (κ2) is 9.39. The molecule has 0 radical (unpaired) electrons. The smallest absolute Gasteiger partial charge is 0.138 e. The van der Waals surface area contributed by atoms with Crippen LogP contribution in [0, 0.1) is 11.3 Å². The van der Waals surface area contributed by atoms with Crippen LogP contribution >= 0.6 is 0 Å². The van der Waals surface area contributed by atoms with E-state index in [9.17, 15) is 5.26 Å². The highest BCUT2D eigenvalue weighted by Crippen LogP contribution is 2.30. The standard InChI is InChI=1S/C22H24N6O2/c1-29-8-9-30-19-10-18(14-25-15-19)20-11-16(2-3-26-20)21-12-17(13-23)22(27-21)28-6-4-24-5-7-28/h2-3,10-12,14-15,24,27H,4-9H2,1H3. The second-order valence-corrected chi connectivity index (χ2v) is 6.97. The molecule has 8 heteroatoms. The quantitative estimate of drug-likeness (QED) is 0.584. The van der Waals surface area contributed by atoms with Gasteiger partial charge in [-0.15, -0.1) is 0 Å². The molecule has 1 saturated heterocycles. The summed E-state index contributed by atoms with van der Waals surface area (Å²) >= 11 is 0. The second-order valence-electron chi connectivity index (χ2n) is 6.97. The highest BCUT2D eigenvalue weighted by atomic mass is 16.5. The minimum Gasteiger partial charge on any atom is -0.490 e. The van der Waals surface area contributed by atoms with Gasteiger partial charge in [-0.25, -0.2) is 0 Å². The first-order valence-corrected chi connectivity index (χ1v) is 9.91. The molecule has 0 aliphatic carbocycles. The average Bonchev–Trinajstić information content (AvgIpc) is 3.25. The number of nitrogens with one attached hydrogen (secondary N) is 2. The molecule has 1 aliphatic rings. The number of aromatic nitrogens is 3. The van der Waals surface area contributed by atoms with Crippen LogP contribution in [0.15, 0.2) is 42.9 Å². The normalized spacial score (nSPS) is 13.8. The van der Waals surface area contributed by atoms with E-state index in [0.717, 1.165) is 54.5 Å². The summed E-state index contributed by atoms with van der Waals surface area (Å²) in [6, 6.07) is 10.1. The SMILES string of the molecule is COCCOc1cncc(-c2cc(-c3cc(C#N)c(N4CCNCC4)[nH]3)ccn2)c1. The van der Waals surface area contributed by atoms with E-state index in [4.69, 9.17) is 9.47 Å². The summed E-state index contributed by atoms with van der Waals surface area (Å²) in [4.78, 5) is 14.4. The largest absolute Gasteiger partial charge is 0.490 e. The van der Waals surface area contributed by atoms with Crippen molar-refractivity contribution in [1.82, 2.24) is 20.3 Å². The van der Waals surface area contributed by atoms with Crippen LogP contribution < -0.4 is 15.0 Å². The predicted molar refractivity (Wildman–Crippen MR) is 114 cm³/mol. The first-order valence-electron chi connectivity index (χ1n) is 9.91. The van der Waals surface area contributed by atoms with E-state index in [-0.39, 0.29) is 0 Å². The molecule has 4 rings (SSSR count). The van der Waals surface area contributed by atoms with Crippen molar-refractivity contribution in [3.63, 3.8) is 0 Å². The molecule has 0 aromatic carbocycles. The van der Waals surface area contributed by atoms with Crippen molar-refractivity contribution < 1.29 is 9.47 Å². The van der Waals surface area contributed by atoms with Crippen LogP contribution in [0.2, 0.25) is 0 Å². The van der Waals surface area contributed by atoms with Crippen LogP contribution in [0.5, 0.6) is 5.75 Å². The number of ether oxygens (including phenoxy) is 2. The maximum Gasteiger partial charge on any atom is 0.138 e. The van der Waals surface area contributed by atoms with Crippen LogP contribution in [0.3, 0.4) is 0 Å². The number of nitrogens with zero attached hydrogens (tertiary/aromatic N) is 4. The third kappa shape index (κ3) is 4.43. The predicted octanol–water partition coefficient (Wildman–Crippen LogP) is 2.45. The molecular weight excluding hydrogens is 380 g/mol. The van der Waals surface area contributed by atoms with Crippen molar-refractivity contribution >= 4 is 5.82 Å². The third-order valence-electron chi connectivity index (χ3n) is 4.99. The van der Waals surface area contributed by atoms with Gasteiger partial charge in [0, 0.05) is 62.5 Å². The fraction of sp³-hybridized carbons (Fsp3) is 0.318. The highest BCUT2D eigenvalue weighted by Gasteiger charge is 2.18. The van der Waals surface area contributed by atoms with Gasteiger partial charge in [0.1, 0.15) is 24.2 Å². The maximum atomic E-state index is 9.61. The lowest BCUT2D eigenvalue weighted by Crippen LogP contribution is -2.44. The van der Waals surface area contributed by atoms with Gasteiger partial charge in [-0.1, -0.05) is 0 Å². The molecule has 154 valence electrons. The molecule has 8 nitrogen and oxygen atoms in total. The van der Waals surface area contributed by atoms with Crippen molar-refractivity contribution in [1.29, 1.82) is 5.26 Å². The zero-order valence-corrected chi connectivity index (χ0v) is 16.9. The Hall–Kier alpha value is -3.41. The van der Waals surface area contributed by atoms with E-state index in [2.05, 4.69) is 31.2 Å². The zero-order valence-electron chi connectivity index (χ0n) is 16.9. The summed E-state index contributed by atoms with van der Waals surface area (Å²) in [7, 11) is 1.64. The van der Waals surface area contributed by atoms with E-state index >= 15 is 0 Å². The van der Waals surface area contributed by atoms with Gasteiger partial charge in [0.2, 0.25) is 0 Å². The molecule has 3 aromatic rings. The van der Waals surface area contributed by atoms with Gasteiger partial charge in [-0.3, -0.25) is 9.97 Å². The topological polar surface area (TPSA) is 99.1 Å². The Morgan fingerprint density at radius 1 is 1.13 bits per heavy atom. The summed E-state index contributed by atoms with van der Waals surface area (Å²) in [6.45, 7) is 4.54. The highest BCUT2D eigenvalue weighted by molar-refractivity contribution is 5.73. The minimum atomic E-state index is 0.462. The molecule has 0 spiro atoms. The van der Waals surface area contributed by atoms with Gasteiger partial charge in [0.05, 0.1) is 24.1 Å². The van der Waals surface area contributed by atoms with Crippen LogP contribution in [-0.2, 0) is 4.74 Å². The number of aromatic amines is 1. The van der Waals surface area contributed by atoms with Gasteiger partial charge in [-0.05, 0) is 24.3 Å². The van der Waals surface area contributed by atoms with Gasteiger partial charge < -0.3 is 24.7 Å². The number of hydrogen-bond donors (Lipinski definition) is 2. The van der Waals surface area contributed by atoms with Crippen LogP contribution in [-0.4, -0.2) is 61.5 Å². The van der Waals surface area contributed by atoms with E-state index < -0.39 is 0 Å². The van der Waals surface area contributed by atoms with E-state index in [1.807, 2.05) is 24.3 Å². The molecule has 2 N–H and O–H groups in total. The van der Waals surface area contributed by atoms with Crippen molar-refractivity contribution in [3.05, 3.63) is 48.4 Å². The van der Waals surface area contributed by atoms with Crippen molar-refractivity contribution in [3.8, 4) is 34.3 Å². The maximum absolute atomic E-state index is 9.61. The van der Waals surface area contributed by atoms with Crippen molar-refractivity contribution in [2.45, 2.75) is 0 Å². The van der Waals surface area contributed by atoms with E-state index in [0.29, 0.717) is 24.5 Å². The summed E-state index contributed by atoms with van der Waals surface area (Å²) < 4.78 is 10.7. The lowest BCUT2D eigenvalue weighted by atomic mass is 10.1. The lowest BCUT2D eigenvalue weighted by molar-refractivity contribution is 0.146. The number of anilines is 1. The van der Waals surface area contributed by atoms with Crippen LogP contribution in [0.4, 0.5) is 5.82 Å². The number of methoxy groups -OCH3 is 1. The average molecular weight is 404 g/mol. The summed E-state index contributed by atoms with van der Waals surface area (Å²) in [6.07, 6.45) is 5.20. The van der Waals surface area contributed by atoms with Gasteiger partial charge in [0.25, 0.3) is 0 Å². The zero-order chi connectivity index (χ0) is 20.8. The number of nitriles is 1. The molecule has 0 saturated carbocycles. The molecule has 0 amide bonds. The molecular formula is C22H24N6O2. The molecule has 0 unspecified atom stereocenters. The summed E-state index contributed by atoms with van der Waals surface area (Å²) in [5.41, 5.74) is 4.16. The Bertz CT molecular complexity index is 1040. The number of H-pyrrole nitrogens is 1. The number of hydrogen-bond acceptors (Lipinski definition) is 7. The first-order chi connectivity index (χ1) is 14.8. The fourth-order valence-corrected chi connectivity index (χ4v) is 3.46. The molecule has 1 fully saturated rings. The van der Waals surface area contributed by atoms with Crippen molar-refractivity contribution in [2.24, 2.45) is 0 Å². The Morgan fingerprint density at radius 3 is 2.80 bits per heavy atom. The Morgan fingerprint density at radius 2 is 2.00 bits per heavy atom. The Labute approximate surface area is 175 Å². The molecule has 30 heavy (non-hydrogen) atoms. The number of piperazine rings is 1. The fourth-order valence-electron chi connectivity index (χ4n) is 3.46. The summed E-state index contributed by atoms with van der Waals surface area (Å²) in [5, 5.41) is 12.9. The molecule has 0 atom stereocenters. The molecule has 1 aliphatic heterocycles. The third-order valence-corrected chi connectivity index (χ3v) is 4.99. The van der Waals surface area contributed by atoms with E-state index in [1.165, 1.54) is 0 Å². The number of pyridine rings is 2. The lowest BCUT2D eigenvalue weighted by Gasteiger charge is -2.28. The Balaban J connectivity index is 1.60. The molecule has 0 bridgehead atoms. The van der Waals surface area contributed by atoms with Gasteiger partial charge >= 0.3 is 0 Å². The van der Waals surface area contributed by atoms with Gasteiger partial charge in [0.15, 0.2) is 0 Å². The Kier molecular flexibility index (Phi) is 6.23. The molecule has 3 aromatic heterocycles. The molecule has 4 heterocycles. The monoisotopic (exact) mass is 404 g/mol. The van der Waals surface area contributed by atoms with Crippen LogP contribution in [0.1, 0.15) is 5.56 Å². The van der Waals surface area contributed by atoms with Crippen molar-refractivity contribution in [2.75, 3.05) is 51.4 Å². The summed E-state index contributed by atoms with van der Waals surface area (Å²) in [5.74, 6) is 1.55. The number of rotatable bonds is 7.